The van der Waals surface area contributed by atoms with Gasteiger partial charge in [-0.2, -0.15) is 0 Å². The number of rotatable bonds is 4. The first kappa shape index (κ1) is 16.8. The number of hydrogen-bond donors (Lipinski definition) is 0. The average Bonchev–Trinajstić information content (AvgIpc) is 2.52. The number of ether oxygens (including phenoxy) is 1. The van der Waals surface area contributed by atoms with Crippen LogP contribution in [0.15, 0.2) is 30.5 Å². The van der Waals surface area contributed by atoms with E-state index in [1.807, 2.05) is 0 Å². The third-order valence-corrected chi connectivity index (χ3v) is 3.56. The molecule has 0 aliphatic heterocycles. The first-order chi connectivity index (χ1) is 10.8. The highest BCUT2D eigenvalue weighted by Gasteiger charge is 2.25. The Bertz CT molecular complexity index is 737. The van der Waals surface area contributed by atoms with Gasteiger partial charge in [0.05, 0.1) is 19.3 Å². The lowest BCUT2D eigenvalue weighted by atomic mass is 10.1. The molecule has 23 heavy (non-hydrogen) atoms. The minimum Gasteiger partial charge on any atom is -0.480 e. The fourth-order valence-corrected chi connectivity index (χ4v) is 2.16. The van der Waals surface area contributed by atoms with Crippen molar-refractivity contribution in [2.45, 2.75) is 13.0 Å². The molecule has 0 aliphatic carbocycles. The minimum atomic E-state index is -0.763. The molecular weight excluding hydrogens is 309 g/mol. The molecule has 0 saturated carbocycles. The Morgan fingerprint density at radius 3 is 2.52 bits per heavy atom. The van der Waals surface area contributed by atoms with Crippen LogP contribution in [0.25, 0.3) is 0 Å². The molecule has 0 radical (unpaired) electrons. The number of aromatic nitrogens is 1. The first-order valence-corrected chi connectivity index (χ1v) is 6.76. The van der Waals surface area contributed by atoms with Gasteiger partial charge in [0.15, 0.2) is 0 Å². The summed E-state index contributed by atoms with van der Waals surface area (Å²) in [5, 5.41) is 0. The maximum Gasteiger partial charge on any atom is 0.259 e. The summed E-state index contributed by atoms with van der Waals surface area (Å²) in [4.78, 5) is 17.4. The lowest BCUT2D eigenvalue weighted by molar-refractivity contribution is 0.0735. The second-order valence-corrected chi connectivity index (χ2v) is 4.97. The van der Waals surface area contributed by atoms with Gasteiger partial charge >= 0.3 is 0 Å². The van der Waals surface area contributed by atoms with Crippen molar-refractivity contribution < 1.29 is 22.7 Å². The second-order valence-electron chi connectivity index (χ2n) is 4.97. The minimum absolute atomic E-state index is 0.0324. The SMILES string of the molecule is COc1ncc(F)cc1C(=O)N(C)C(C)c1ccc(F)cc1F. The summed E-state index contributed by atoms with van der Waals surface area (Å²) >= 11 is 0. The fourth-order valence-electron chi connectivity index (χ4n) is 2.16. The molecule has 0 aliphatic rings. The maximum atomic E-state index is 13.9. The molecular formula is C16H15F3N2O2. The van der Waals surface area contributed by atoms with Gasteiger partial charge in [0.1, 0.15) is 23.0 Å². The van der Waals surface area contributed by atoms with Crippen molar-refractivity contribution in [1.29, 1.82) is 0 Å². The monoisotopic (exact) mass is 324 g/mol. The zero-order valence-corrected chi connectivity index (χ0v) is 12.8. The summed E-state index contributed by atoms with van der Waals surface area (Å²) in [5.41, 5.74) is 0.0648. The van der Waals surface area contributed by atoms with Crippen LogP contribution in [0.5, 0.6) is 5.88 Å². The summed E-state index contributed by atoms with van der Waals surface area (Å²) in [7, 11) is 2.74. The predicted molar refractivity (Wildman–Crippen MR) is 77.6 cm³/mol. The number of nitrogens with zero attached hydrogens (tertiary/aromatic N) is 2. The second kappa shape index (κ2) is 6.68. The van der Waals surface area contributed by atoms with Gasteiger partial charge in [-0.3, -0.25) is 4.79 Å². The Hall–Kier alpha value is -2.57. The normalized spacial score (nSPS) is 11.9. The van der Waals surface area contributed by atoms with Gasteiger partial charge in [0.25, 0.3) is 5.91 Å². The third kappa shape index (κ3) is 3.44. The van der Waals surface area contributed by atoms with E-state index in [0.29, 0.717) is 0 Å². The Morgan fingerprint density at radius 1 is 1.22 bits per heavy atom. The van der Waals surface area contributed by atoms with Crippen LogP contribution in [-0.2, 0) is 0 Å². The number of benzene rings is 1. The topological polar surface area (TPSA) is 42.4 Å². The summed E-state index contributed by atoms with van der Waals surface area (Å²) in [6, 6.07) is 3.42. The van der Waals surface area contributed by atoms with E-state index in [2.05, 4.69) is 4.98 Å². The molecule has 0 bridgehead atoms. The van der Waals surface area contributed by atoms with E-state index in [0.717, 1.165) is 24.4 Å². The molecule has 1 aromatic carbocycles. The molecule has 2 aromatic rings. The van der Waals surface area contributed by atoms with Gasteiger partial charge in [-0.1, -0.05) is 6.07 Å². The number of pyridine rings is 1. The van der Waals surface area contributed by atoms with Crippen molar-refractivity contribution in [1.82, 2.24) is 9.88 Å². The molecule has 0 saturated heterocycles. The van der Waals surface area contributed by atoms with E-state index in [1.165, 1.54) is 25.1 Å². The number of methoxy groups -OCH3 is 1. The van der Waals surface area contributed by atoms with Crippen LogP contribution in [-0.4, -0.2) is 29.9 Å². The molecule has 1 amide bonds. The van der Waals surface area contributed by atoms with Gasteiger partial charge in [-0.05, 0) is 19.1 Å². The van der Waals surface area contributed by atoms with E-state index < -0.39 is 29.4 Å². The zero-order chi connectivity index (χ0) is 17.1. The van der Waals surface area contributed by atoms with Gasteiger partial charge < -0.3 is 9.64 Å². The Labute approximate surface area is 131 Å². The molecule has 1 heterocycles. The highest BCUT2D eigenvalue weighted by molar-refractivity contribution is 5.96. The maximum absolute atomic E-state index is 13.9. The van der Waals surface area contributed by atoms with Gasteiger partial charge in [0.2, 0.25) is 5.88 Å². The van der Waals surface area contributed by atoms with Crippen molar-refractivity contribution in [3.63, 3.8) is 0 Å². The summed E-state index contributed by atoms with van der Waals surface area (Å²) in [6.07, 6.45) is 0.929. The van der Waals surface area contributed by atoms with E-state index in [9.17, 15) is 18.0 Å². The fraction of sp³-hybridized carbons (Fsp3) is 0.250. The molecule has 4 nitrogen and oxygen atoms in total. The molecule has 1 atom stereocenters. The summed E-state index contributed by atoms with van der Waals surface area (Å²) < 4.78 is 45.2. The molecule has 7 heteroatoms. The van der Waals surface area contributed by atoms with Crippen molar-refractivity contribution in [2.24, 2.45) is 0 Å². The van der Waals surface area contributed by atoms with Gasteiger partial charge in [-0.15, -0.1) is 0 Å². The Morgan fingerprint density at radius 2 is 1.91 bits per heavy atom. The van der Waals surface area contributed by atoms with Crippen LogP contribution in [0.2, 0.25) is 0 Å². The van der Waals surface area contributed by atoms with Crippen molar-refractivity contribution in [3.8, 4) is 5.88 Å². The largest absolute Gasteiger partial charge is 0.480 e. The van der Waals surface area contributed by atoms with Crippen LogP contribution < -0.4 is 4.74 Å². The van der Waals surface area contributed by atoms with Crippen LogP contribution in [0.1, 0.15) is 28.9 Å². The van der Waals surface area contributed by atoms with Crippen LogP contribution >= 0.6 is 0 Å². The number of carbonyl (C=O) groups is 1. The van der Waals surface area contributed by atoms with Crippen LogP contribution in [0, 0.1) is 17.5 Å². The van der Waals surface area contributed by atoms with E-state index in [4.69, 9.17) is 4.74 Å². The quantitative estimate of drug-likeness (QED) is 0.866. The predicted octanol–water partition coefficient (Wildman–Crippen LogP) is 3.34. The van der Waals surface area contributed by atoms with E-state index in [1.54, 1.807) is 6.92 Å². The van der Waals surface area contributed by atoms with Gasteiger partial charge in [0, 0.05) is 18.7 Å². The van der Waals surface area contributed by atoms with E-state index >= 15 is 0 Å². The molecule has 1 aromatic heterocycles. The van der Waals surface area contributed by atoms with Crippen molar-refractivity contribution in [2.75, 3.05) is 14.2 Å². The molecule has 122 valence electrons. The molecule has 0 fully saturated rings. The molecule has 1 unspecified atom stereocenters. The lowest BCUT2D eigenvalue weighted by Gasteiger charge is -2.26. The van der Waals surface area contributed by atoms with Crippen molar-refractivity contribution in [3.05, 3.63) is 59.0 Å². The third-order valence-electron chi connectivity index (χ3n) is 3.56. The zero-order valence-electron chi connectivity index (χ0n) is 12.8. The average molecular weight is 324 g/mol. The smallest absolute Gasteiger partial charge is 0.259 e. The highest BCUT2D eigenvalue weighted by Crippen LogP contribution is 2.26. The Balaban J connectivity index is 2.34. The summed E-state index contributed by atoms with van der Waals surface area (Å²) in [6.45, 7) is 1.58. The lowest BCUT2D eigenvalue weighted by Crippen LogP contribution is -2.30. The molecule has 0 spiro atoms. The number of halogens is 3. The Kier molecular flexibility index (Phi) is 4.88. The first-order valence-electron chi connectivity index (χ1n) is 6.76. The van der Waals surface area contributed by atoms with Crippen molar-refractivity contribution >= 4 is 5.91 Å². The standard InChI is InChI=1S/C16H15F3N2O2/c1-9(12-5-4-10(17)7-14(12)19)21(2)16(22)13-6-11(18)8-20-15(13)23-3/h4-9H,1-3H3. The van der Waals surface area contributed by atoms with E-state index in [-0.39, 0.29) is 17.0 Å². The highest BCUT2D eigenvalue weighted by atomic mass is 19.1. The van der Waals surface area contributed by atoms with Gasteiger partial charge in [-0.25, -0.2) is 18.2 Å². The number of hydrogen-bond acceptors (Lipinski definition) is 3. The number of amides is 1. The molecule has 2 rings (SSSR count). The summed E-state index contributed by atoms with van der Waals surface area (Å²) in [5.74, 6) is -2.78. The van der Waals surface area contributed by atoms with Crippen LogP contribution in [0.4, 0.5) is 13.2 Å². The number of carbonyl (C=O) groups excluding carboxylic acids is 1. The van der Waals surface area contributed by atoms with Crippen LogP contribution in [0.3, 0.4) is 0 Å². The molecule has 0 N–H and O–H groups in total.